The molecule has 0 bridgehead atoms. The Kier molecular flexibility index (Phi) is 4.24. The second-order valence-electron chi connectivity index (χ2n) is 6.68. The second kappa shape index (κ2) is 7.07. The number of aryl methyl sites for hydroxylation is 1. The summed E-state index contributed by atoms with van der Waals surface area (Å²) in [5.41, 5.74) is 2.17. The van der Waals surface area contributed by atoms with Gasteiger partial charge in [0.2, 0.25) is 5.88 Å². The van der Waals surface area contributed by atoms with Crippen LogP contribution in [0.1, 0.15) is 12.5 Å². The third-order valence-corrected chi connectivity index (χ3v) is 4.75. The van der Waals surface area contributed by atoms with Crippen LogP contribution in [0.4, 0.5) is 4.39 Å². The largest absolute Gasteiger partial charge is 0.437 e. The monoisotopic (exact) mass is 402 g/mol. The number of fused-ring (bicyclic) bond motifs is 2. The van der Waals surface area contributed by atoms with E-state index in [1.807, 2.05) is 13.0 Å². The molecule has 3 heterocycles. The van der Waals surface area contributed by atoms with Gasteiger partial charge in [-0.2, -0.15) is 4.52 Å². The molecule has 0 fully saturated rings. The van der Waals surface area contributed by atoms with E-state index in [0.29, 0.717) is 34.2 Å². The average Bonchev–Trinajstić information content (AvgIpc) is 3.16. The molecule has 0 spiro atoms. The Labute approximate surface area is 169 Å². The fourth-order valence-electron chi connectivity index (χ4n) is 3.29. The number of hydrogen-bond acceptors (Lipinski definition) is 6. The lowest BCUT2D eigenvalue weighted by Crippen LogP contribution is -2.00. The van der Waals surface area contributed by atoms with Gasteiger partial charge in [-0.15, -0.1) is 15.3 Å². The predicted molar refractivity (Wildman–Crippen MR) is 108 cm³/mol. The molecule has 0 saturated carbocycles. The van der Waals surface area contributed by atoms with Crippen molar-refractivity contribution >= 4 is 16.6 Å². The van der Waals surface area contributed by atoms with Crippen LogP contribution in [-0.2, 0) is 6.42 Å². The van der Waals surface area contributed by atoms with Crippen molar-refractivity contribution in [3.05, 3.63) is 82.5 Å². The number of rotatable bonds is 4. The fraction of sp³-hybridized carbons (Fsp3) is 0.0909. The van der Waals surface area contributed by atoms with Gasteiger partial charge >= 0.3 is 5.63 Å². The molecule has 0 N–H and O–H groups in total. The fourth-order valence-corrected chi connectivity index (χ4v) is 3.29. The molecular formula is C22H15FN4O3. The van der Waals surface area contributed by atoms with E-state index in [9.17, 15) is 9.18 Å². The molecule has 5 aromatic rings. The molecule has 0 aliphatic carbocycles. The molecule has 0 amide bonds. The maximum Gasteiger partial charge on any atom is 0.336 e. The first kappa shape index (κ1) is 18.0. The van der Waals surface area contributed by atoms with E-state index in [4.69, 9.17) is 9.15 Å². The van der Waals surface area contributed by atoms with Crippen molar-refractivity contribution in [2.24, 2.45) is 0 Å². The van der Waals surface area contributed by atoms with Crippen molar-refractivity contribution in [2.75, 3.05) is 0 Å². The van der Waals surface area contributed by atoms with Crippen molar-refractivity contribution in [3.63, 3.8) is 0 Å². The van der Waals surface area contributed by atoms with Crippen LogP contribution >= 0.6 is 0 Å². The van der Waals surface area contributed by atoms with Crippen LogP contribution in [0.25, 0.3) is 28.0 Å². The van der Waals surface area contributed by atoms with E-state index < -0.39 is 5.63 Å². The van der Waals surface area contributed by atoms with Crippen molar-refractivity contribution in [2.45, 2.75) is 13.3 Å². The molecule has 30 heavy (non-hydrogen) atoms. The van der Waals surface area contributed by atoms with Gasteiger partial charge < -0.3 is 9.15 Å². The van der Waals surface area contributed by atoms with Crippen molar-refractivity contribution in [1.82, 2.24) is 19.8 Å². The number of hydrogen-bond donors (Lipinski definition) is 0. The molecular weight excluding hydrogens is 387 g/mol. The minimum atomic E-state index is -0.399. The lowest BCUT2D eigenvalue weighted by molar-refractivity contribution is 0.451. The smallest absolute Gasteiger partial charge is 0.336 e. The summed E-state index contributed by atoms with van der Waals surface area (Å²) in [5, 5.41) is 13.5. The van der Waals surface area contributed by atoms with Crippen LogP contribution < -0.4 is 10.4 Å². The van der Waals surface area contributed by atoms with Gasteiger partial charge in [0.25, 0.3) is 0 Å². The number of aromatic nitrogens is 4. The topological polar surface area (TPSA) is 82.5 Å². The number of benzene rings is 2. The third-order valence-electron chi connectivity index (χ3n) is 4.75. The van der Waals surface area contributed by atoms with E-state index >= 15 is 0 Å². The lowest BCUT2D eigenvalue weighted by Gasteiger charge is -2.08. The number of nitrogens with zero attached hydrogens (tertiary/aromatic N) is 4. The summed E-state index contributed by atoms with van der Waals surface area (Å²) in [7, 11) is 0. The third kappa shape index (κ3) is 3.18. The molecule has 0 aliphatic rings. The van der Waals surface area contributed by atoms with E-state index in [1.54, 1.807) is 36.4 Å². The second-order valence-corrected chi connectivity index (χ2v) is 6.68. The van der Waals surface area contributed by atoms with Crippen molar-refractivity contribution in [3.8, 4) is 23.0 Å². The normalized spacial score (nSPS) is 11.3. The van der Waals surface area contributed by atoms with Gasteiger partial charge in [0.15, 0.2) is 11.5 Å². The summed E-state index contributed by atoms with van der Waals surface area (Å²) in [6.45, 7) is 1.98. The van der Waals surface area contributed by atoms with Crippen molar-refractivity contribution < 1.29 is 13.5 Å². The van der Waals surface area contributed by atoms with Gasteiger partial charge in [-0.05, 0) is 54.4 Å². The molecule has 5 rings (SSSR count). The average molecular weight is 402 g/mol. The highest BCUT2D eigenvalue weighted by atomic mass is 19.1. The van der Waals surface area contributed by atoms with E-state index in [0.717, 1.165) is 17.4 Å². The van der Waals surface area contributed by atoms with Gasteiger partial charge in [-0.25, -0.2) is 9.18 Å². The molecule has 8 heteroatoms. The summed E-state index contributed by atoms with van der Waals surface area (Å²) < 4.78 is 25.9. The first-order valence-electron chi connectivity index (χ1n) is 9.34. The minimum absolute atomic E-state index is 0.305. The summed E-state index contributed by atoms with van der Waals surface area (Å²) in [4.78, 5) is 11.8. The minimum Gasteiger partial charge on any atom is -0.437 e. The standard InChI is InChI=1S/C22H15FN4O3/c1-2-13-11-21(28)30-18-12-16(7-8-17(13)18)29-20-10-9-19-24-25-22(27(19)26-20)14-3-5-15(23)6-4-14/h3-12H,2H2,1H3. The maximum atomic E-state index is 13.2. The molecule has 3 aromatic heterocycles. The molecule has 148 valence electrons. The Bertz CT molecular complexity index is 1440. The van der Waals surface area contributed by atoms with Gasteiger partial charge in [0.05, 0.1) is 0 Å². The van der Waals surface area contributed by atoms with Gasteiger partial charge in [0, 0.05) is 29.1 Å². The Hall–Kier alpha value is -4.07. The van der Waals surface area contributed by atoms with Gasteiger partial charge in [-0.3, -0.25) is 0 Å². The highest BCUT2D eigenvalue weighted by Crippen LogP contribution is 2.27. The quantitative estimate of drug-likeness (QED) is 0.415. The molecule has 7 nitrogen and oxygen atoms in total. The summed E-state index contributed by atoms with van der Waals surface area (Å²) >= 11 is 0. The first-order valence-corrected chi connectivity index (χ1v) is 9.34. The Morgan fingerprint density at radius 2 is 1.87 bits per heavy atom. The van der Waals surface area contributed by atoms with Gasteiger partial charge in [-0.1, -0.05) is 6.92 Å². The summed E-state index contributed by atoms with van der Waals surface area (Å²) in [6, 6.07) is 16.1. The van der Waals surface area contributed by atoms with Crippen molar-refractivity contribution in [1.29, 1.82) is 0 Å². The SMILES string of the molecule is CCc1cc(=O)oc2cc(Oc3ccc4nnc(-c5ccc(F)cc5)n4n3)ccc12. The van der Waals surface area contributed by atoms with Gasteiger partial charge in [0.1, 0.15) is 17.1 Å². The molecule has 0 aliphatic heterocycles. The van der Waals surface area contributed by atoms with E-state index in [2.05, 4.69) is 15.3 Å². The summed E-state index contributed by atoms with van der Waals surface area (Å²) in [6.07, 6.45) is 0.723. The van der Waals surface area contributed by atoms with Crippen LogP contribution in [0.2, 0.25) is 0 Å². The molecule has 0 atom stereocenters. The Balaban J connectivity index is 1.53. The predicted octanol–water partition coefficient (Wildman–Crippen LogP) is 4.39. The van der Waals surface area contributed by atoms with E-state index in [1.165, 1.54) is 22.7 Å². The zero-order valence-electron chi connectivity index (χ0n) is 15.9. The van der Waals surface area contributed by atoms with Crippen LogP contribution in [0.3, 0.4) is 0 Å². The highest BCUT2D eigenvalue weighted by molar-refractivity contribution is 5.81. The van der Waals surface area contributed by atoms with E-state index in [-0.39, 0.29) is 5.82 Å². The maximum absolute atomic E-state index is 13.2. The highest BCUT2D eigenvalue weighted by Gasteiger charge is 2.12. The zero-order chi connectivity index (χ0) is 20.7. The lowest BCUT2D eigenvalue weighted by atomic mass is 10.1. The van der Waals surface area contributed by atoms with Crippen LogP contribution in [-0.4, -0.2) is 19.8 Å². The molecule has 0 unspecified atom stereocenters. The molecule has 2 aromatic carbocycles. The number of ether oxygens (including phenoxy) is 1. The zero-order valence-corrected chi connectivity index (χ0v) is 15.9. The Morgan fingerprint density at radius 3 is 2.67 bits per heavy atom. The number of halogens is 1. The molecule has 0 radical (unpaired) electrons. The first-order chi connectivity index (χ1) is 14.6. The van der Waals surface area contributed by atoms with Crippen LogP contribution in [0, 0.1) is 5.82 Å². The Morgan fingerprint density at radius 1 is 1.03 bits per heavy atom. The summed E-state index contributed by atoms with van der Waals surface area (Å²) in [5.74, 6) is 0.910. The van der Waals surface area contributed by atoms with Crippen LogP contribution in [0.5, 0.6) is 11.6 Å². The molecule has 0 saturated heterocycles. The van der Waals surface area contributed by atoms with Crippen LogP contribution in [0.15, 0.2) is 69.9 Å².